The minimum Gasteiger partial charge on any atom is -0.270 e. The third-order valence-electron chi connectivity index (χ3n) is 4.26. The van der Waals surface area contributed by atoms with Crippen LogP contribution in [-0.4, -0.2) is 21.7 Å². The first-order valence-electron chi connectivity index (χ1n) is 8.25. The van der Waals surface area contributed by atoms with E-state index in [4.69, 9.17) is 0 Å². The van der Waals surface area contributed by atoms with Crippen molar-refractivity contribution in [3.8, 4) is 0 Å². The SMILES string of the molecule is Cc1ccc(Sc2ccc3c(c2)C(=O)N(Cc2cccnc2)C3=O)cc1. The van der Waals surface area contributed by atoms with Crippen molar-refractivity contribution in [2.45, 2.75) is 23.3 Å². The second kappa shape index (κ2) is 6.77. The molecule has 0 N–H and O–H groups in total. The second-order valence-electron chi connectivity index (χ2n) is 6.18. The van der Waals surface area contributed by atoms with Crippen LogP contribution in [0.2, 0.25) is 0 Å². The van der Waals surface area contributed by atoms with E-state index >= 15 is 0 Å². The van der Waals surface area contributed by atoms with Crippen molar-refractivity contribution >= 4 is 23.6 Å². The number of rotatable bonds is 4. The molecule has 5 heteroatoms. The van der Waals surface area contributed by atoms with E-state index in [0.29, 0.717) is 11.1 Å². The summed E-state index contributed by atoms with van der Waals surface area (Å²) in [5, 5.41) is 0. The fraction of sp³-hybridized carbons (Fsp3) is 0.0952. The Bertz CT molecular complexity index is 985. The Morgan fingerprint density at radius 2 is 1.65 bits per heavy atom. The molecule has 4 nitrogen and oxygen atoms in total. The van der Waals surface area contributed by atoms with Crippen LogP contribution in [0.5, 0.6) is 0 Å². The molecule has 0 atom stereocenters. The first-order chi connectivity index (χ1) is 12.6. The molecule has 0 aliphatic carbocycles. The third kappa shape index (κ3) is 3.13. The molecule has 1 aromatic heterocycles. The van der Waals surface area contributed by atoms with Crippen LogP contribution in [0.4, 0.5) is 0 Å². The van der Waals surface area contributed by atoms with E-state index in [1.54, 1.807) is 36.3 Å². The Kier molecular flexibility index (Phi) is 4.31. The van der Waals surface area contributed by atoms with Crippen LogP contribution >= 0.6 is 11.8 Å². The van der Waals surface area contributed by atoms with Gasteiger partial charge in [0.15, 0.2) is 0 Å². The minimum atomic E-state index is -0.250. The highest BCUT2D eigenvalue weighted by molar-refractivity contribution is 7.99. The van der Waals surface area contributed by atoms with E-state index in [9.17, 15) is 9.59 Å². The molecule has 2 aromatic carbocycles. The summed E-state index contributed by atoms with van der Waals surface area (Å²) in [5.74, 6) is -0.499. The maximum atomic E-state index is 12.7. The van der Waals surface area contributed by atoms with Crippen molar-refractivity contribution in [3.63, 3.8) is 0 Å². The van der Waals surface area contributed by atoms with Crippen LogP contribution in [0.25, 0.3) is 0 Å². The summed E-state index contributed by atoms with van der Waals surface area (Å²) in [6.07, 6.45) is 3.34. The van der Waals surface area contributed by atoms with Gasteiger partial charge in [0.1, 0.15) is 0 Å². The summed E-state index contributed by atoms with van der Waals surface area (Å²) in [6.45, 7) is 2.28. The number of benzene rings is 2. The number of hydrogen-bond donors (Lipinski definition) is 0. The Morgan fingerprint density at radius 1 is 0.923 bits per heavy atom. The smallest absolute Gasteiger partial charge is 0.261 e. The predicted molar refractivity (Wildman–Crippen MR) is 100 cm³/mol. The Hall–Kier alpha value is -2.92. The number of amides is 2. The van der Waals surface area contributed by atoms with Crippen molar-refractivity contribution in [2.75, 3.05) is 0 Å². The topological polar surface area (TPSA) is 50.3 Å². The lowest BCUT2D eigenvalue weighted by Gasteiger charge is -2.13. The maximum absolute atomic E-state index is 12.7. The van der Waals surface area contributed by atoms with E-state index in [1.807, 2.05) is 25.1 Å². The van der Waals surface area contributed by atoms with E-state index in [-0.39, 0.29) is 18.4 Å². The standard InChI is InChI=1S/C21H16N2O2S/c1-14-4-6-16(7-5-14)26-17-8-9-18-19(11-17)21(25)23(20(18)24)13-15-3-2-10-22-12-15/h2-12H,13H2,1H3. The molecule has 0 unspecified atom stereocenters. The van der Waals surface area contributed by atoms with Crippen molar-refractivity contribution in [1.29, 1.82) is 0 Å². The first-order valence-corrected chi connectivity index (χ1v) is 9.07. The molecule has 0 fully saturated rings. The van der Waals surface area contributed by atoms with Crippen molar-refractivity contribution < 1.29 is 9.59 Å². The van der Waals surface area contributed by atoms with Crippen LogP contribution in [0.15, 0.2) is 76.8 Å². The monoisotopic (exact) mass is 360 g/mol. The summed E-state index contributed by atoms with van der Waals surface area (Å²) in [6, 6.07) is 17.3. The summed E-state index contributed by atoms with van der Waals surface area (Å²) in [7, 11) is 0. The van der Waals surface area contributed by atoms with Crippen LogP contribution in [0.1, 0.15) is 31.8 Å². The molecule has 2 amide bonds. The molecule has 128 valence electrons. The van der Waals surface area contributed by atoms with Crippen LogP contribution in [-0.2, 0) is 6.54 Å². The highest BCUT2D eigenvalue weighted by Crippen LogP contribution is 2.32. The molecule has 3 aromatic rings. The molecule has 0 spiro atoms. The second-order valence-corrected chi connectivity index (χ2v) is 7.33. The highest BCUT2D eigenvalue weighted by atomic mass is 32.2. The van der Waals surface area contributed by atoms with Crippen LogP contribution in [0.3, 0.4) is 0 Å². The van der Waals surface area contributed by atoms with Gasteiger partial charge in [0.25, 0.3) is 11.8 Å². The quantitative estimate of drug-likeness (QED) is 0.650. The van der Waals surface area contributed by atoms with Gasteiger partial charge in [0.05, 0.1) is 17.7 Å². The average Bonchev–Trinajstić information content (AvgIpc) is 2.89. The molecule has 26 heavy (non-hydrogen) atoms. The zero-order chi connectivity index (χ0) is 18.1. The number of aromatic nitrogens is 1. The minimum absolute atomic E-state index is 0.237. The molecule has 2 heterocycles. The highest BCUT2D eigenvalue weighted by Gasteiger charge is 2.35. The Morgan fingerprint density at radius 3 is 2.38 bits per heavy atom. The van der Waals surface area contributed by atoms with Gasteiger partial charge < -0.3 is 0 Å². The summed E-state index contributed by atoms with van der Waals surface area (Å²) >= 11 is 1.58. The zero-order valence-electron chi connectivity index (χ0n) is 14.2. The van der Waals surface area contributed by atoms with E-state index in [2.05, 4.69) is 29.2 Å². The molecule has 1 aliphatic heterocycles. The van der Waals surface area contributed by atoms with Gasteiger partial charge in [-0.1, -0.05) is 35.5 Å². The fourth-order valence-corrected chi connectivity index (χ4v) is 3.75. The van der Waals surface area contributed by atoms with Gasteiger partial charge in [0.2, 0.25) is 0 Å². The molecule has 0 saturated heterocycles. The zero-order valence-corrected chi connectivity index (χ0v) is 15.0. The number of carbonyl (C=O) groups is 2. The lowest BCUT2D eigenvalue weighted by atomic mass is 10.1. The number of fused-ring (bicyclic) bond motifs is 1. The van der Waals surface area contributed by atoms with Crippen molar-refractivity contribution in [3.05, 3.63) is 89.2 Å². The number of aryl methyl sites for hydroxylation is 1. The largest absolute Gasteiger partial charge is 0.270 e. The number of pyridine rings is 1. The summed E-state index contributed by atoms with van der Waals surface area (Å²) in [4.78, 5) is 32.7. The van der Waals surface area contributed by atoms with Crippen LogP contribution < -0.4 is 0 Å². The molecular weight excluding hydrogens is 344 g/mol. The molecule has 0 radical (unpaired) electrons. The first kappa shape index (κ1) is 16.5. The third-order valence-corrected chi connectivity index (χ3v) is 5.26. The fourth-order valence-electron chi connectivity index (χ4n) is 2.89. The van der Waals surface area contributed by atoms with Gasteiger partial charge in [-0.15, -0.1) is 0 Å². The van der Waals surface area contributed by atoms with Gasteiger partial charge in [0, 0.05) is 22.2 Å². The van der Waals surface area contributed by atoms with E-state index in [0.717, 1.165) is 15.4 Å². The van der Waals surface area contributed by atoms with Gasteiger partial charge in [-0.2, -0.15) is 0 Å². The van der Waals surface area contributed by atoms with Gasteiger partial charge in [-0.25, -0.2) is 0 Å². The molecule has 0 bridgehead atoms. The van der Waals surface area contributed by atoms with Gasteiger partial charge >= 0.3 is 0 Å². The summed E-state index contributed by atoms with van der Waals surface area (Å²) < 4.78 is 0. The predicted octanol–water partition coefficient (Wildman–Crippen LogP) is 4.34. The number of carbonyl (C=O) groups excluding carboxylic acids is 2. The van der Waals surface area contributed by atoms with Crippen LogP contribution in [0, 0.1) is 6.92 Å². The number of imide groups is 1. The van der Waals surface area contributed by atoms with Crippen molar-refractivity contribution in [1.82, 2.24) is 9.88 Å². The average molecular weight is 360 g/mol. The molecule has 0 saturated carbocycles. The Balaban J connectivity index is 1.58. The normalized spacial score (nSPS) is 13.2. The molecular formula is C21H16N2O2S. The maximum Gasteiger partial charge on any atom is 0.261 e. The van der Waals surface area contributed by atoms with Crippen molar-refractivity contribution in [2.24, 2.45) is 0 Å². The van der Waals surface area contributed by atoms with Gasteiger partial charge in [-0.3, -0.25) is 19.5 Å². The van der Waals surface area contributed by atoms with Gasteiger partial charge in [-0.05, 0) is 48.9 Å². The van der Waals surface area contributed by atoms with E-state index < -0.39 is 0 Å². The summed E-state index contributed by atoms with van der Waals surface area (Å²) in [5.41, 5.74) is 2.97. The van der Waals surface area contributed by atoms with E-state index in [1.165, 1.54) is 10.5 Å². The lowest BCUT2D eigenvalue weighted by molar-refractivity contribution is 0.0642. The number of hydrogen-bond acceptors (Lipinski definition) is 4. The molecule has 4 rings (SSSR count). The molecule has 1 aliphatic rings. The number of nitrogens with zero attached hydrogens (tertiary/aromatic N) is 2. The Labute approximate surface area is 155 Å². The lowest BCUT2D eigenvalue weighted by Crippen LogP contribution is -2.29.